The Bertz CT molecular complexity index is 599. The SMILES string of the molecule is COc1cc(C2=CCCCO2)c(OC(C)=O)c([Si](C)(C)C)c1. The van der Waals surface area contributed by atoms with Crippen LogP contribution in [0, 0.1) is 0 Å². The monoisotopic (exact) mass is 320 g/mol. The van der Waals surface area contributed by atoms with Crippen molar-refractivity contribution in [2.75, 3.05) is 13.7 Å². The van der Waals surface area contributed by atoms with Crippen molar-refractivity contribution in [1.29, 1.82) is 0 Å². The fourth-order valence-corrected chi connectivity index (χ4v) is 3.90. The first-order chi connectivity index (χ1) is 10.3. The zero-order valence-corrected chi connectivity index (χ0v) is 15.0. The number of carbonyl (C=O) groups excluding carboxylic acids is 1. The van der Waals surface area contributed by atoms with Gasteiger partial charge in [0.25, 0.3) is 0 Å². The highest BCUT2D eigenvalue weighted by Crippen LogP contribution is 2.33. The molecule has 0 aromatic heterocycles. The number of hydrogen-bond acceptors (Lipinski definition) is 4. The van der Waals surface area contributed by atoms with E-state index in [2.05, 4.69) is 25.7 Å². The second-order valence-corrected chi connectivity index (χ2v) is 11.5. The highest BCUT2D eigenvalue weighted by molar-refractivity contribution is 6.89. The summed E-state index contributed by atoms with van der Waals surface area (Å²) in [6.07, 6.45) is 4.03. The normalized spacial score (nSPS) is 14.9. The Balaban J connectivity index is 2.67. The Labute approximate surface area is 133 Å². The molecule has 120 valence electrons. The third kappa shape index (κ3) is 3.71. The Hall–Kier alpha value is -1.75. The van der Waals surface area contributed by atoms with Crippen LogP contribution in [0.1, 0.15) is 25.3 Å². The second-order valence-electron chi connectivity index (χ2n) is 6.45. The van der Waals surface area contributed by atoms with Crippen LogP contribution in [0.5, 0.6) is 11.5 Å². The highest BCUT2D eigenvalue weighted by Gasteiger charge is 2.28. The summed E-state index contributed by atoms with van der Waals surface area (Å²) in [4.78, 5) is 11.6. The second kappa shape index (κ2) is 6.56. The Kier molecular flexibility index (Phi) is 4.96. The van der Waals surface area contributed by atoms with Crippen LogP contribution in [0.4, 0.5) is 0 Å². The molecule has 0 saturated carbocycles. The number of esters is 1. The molecule has 0 aliphatic carbocycles. The van der Waals surface area contributed by atoms with E-state index in [4.69, 9.17) is 14.2 Å². The minimum atomic E-state index is -1.73. The van der Waals surface area contributed by atoms with Crippen LogP contribution in [0.2, 0.25) is 19.6 Å². The van der Waals surface area contributed by atoms with Gasteiger partial charge in [-0.1, -0.05) is 19.6 Å². The minimum absolute atomic E-state index is 0.317. The quantitative estimate of drug-likeness (QED) is 0.485. The van der Waals surface area contributed by atoms with Crippen molar-refractivity contribution in [2.45, 2.75) is 39.4 Å². The van der Waals surface area contributed by atoms with Crippen molar-refractivity contribution in [2.24, 2.45) is 0 Å². The predicted molar refractivity (Wildman–Crippen MR) is 90.4 cm³/mol. The fraction of sp³-hybridized carbons (Fsp3) is 0.471. The average Bonchev–Trinajstić information content (AvgIpc) is 2.46. The van der Waals surface area contributed by atoms with E-state index in [-0.39, 0.29) is 5.97 Å². The van der Waals surface area contributed by atoms with Crippen LogP contribution >= 0.6 is 0 Å². The van der Waals surface area contributed by atoms with Gasteiger partial charge in [-0.2, -0.15) is 0 Å². The van der Waals surface area contributed by atoms with Gasteiger partial charge in [0.1, 0.15) is 17.3 Å². The van der Waals surface area contributed by atoms with Crippen LogP contribution in [-0.2, 0) is 9.53 Å². The molecular formula is C17H24O4Si. The molecule has 5 heteroatoms. The number of benzene rings is 1. The summed E-state index contributed by atoms with van der Waals surface area (Å²) in [6.45, 7) is 8.76. The molecule has 0 spiro atoms. The smallest absolute Gasteiger partial charge is 0.308 e. The van der Waals surface area contributed by atoms with Gasteiger partial charge in [-0.05, 0) is 36.2 Å². The van der Waals surface area contributed by atoms with Gasteiger partial charge in [-0.3, -0.25) is 4.79 Å². The van der Waals surface area contributed by atoms with E-state index in [9.17, 15) is 4.79 Å². The fourth-order valence-electron chi connectivity index (χ4n) is 2.46. The third-order valence-electron chi connectivity index (χ3n) is 3.55. The lowest BCUT2D eigenvalue weighted by atomic mass is 10.1. The summed E-state index contributed by atoms with van der Waals surface area (Å²) in [6, 6.07) is 3.87. The lowest BCUT2D eigenvalue weighted by Crippen LogP contribution is -2.39. The van der Waals surface area contributed by atoms with Crippen molar-refractivity contribution in [3.05, 3.63) is 23.8 Å². The van der Waals surface area contributed by atoms with E-state index >= 15 is 0 Å². The molecule has 0 unspecified atom stereocenters. The zero-order chi connectivity index (χ0) is 16.3. The van der Waals surface area contributed by atoms with Gasteiger partial charge in [0, 0.05) is 6.92 Å². The maximum absolute atomic E-state index is 11.6. The number of allylic oxidation sites excluding steroid dienone is 1. The standard InChI is InChI=1S/C17H24O4Si/c1-12(18)21-17-14(15-8-6-7-9-20-15)10-13(19-2)11-16(17)22(3,4)5/h8,10-11H,6-7,9H2,1-5H3. The van der Waals surface area contributed by atoms with Gasteiger partial charge in [-0.25, -0.2) is 0 Å². The van der Waals surface area contributed by atoms with Gasteiger partial charge in [0.05, 0.1) is 27.4 Å². The molecule has 4 nitrogen and oxygen atoms in total. The summed E-state index contributed by atoms with van der Waals surface area (Å²) in [5.41, 5.74) is 0.812. The molecule has 2 rings (SSSR count). The average molecular weight is 320 g/mol. The van der Waals surface area contributed by atoms with E-state index in [1.807, 2.05) is 12.1 Å². The Morgan fingerprint density at radius 3 is 2.50 bits per heavy atom. The molecule has 22 heavy (non-hydrogen) atoms. The molecule has 0 saturated heterocycles. The van der Waals surface area contributed by atoms with Crippen LogP contribution in [0.25, 0.3) is 5.76 Å². The third-order valence-corrected chi connectivity index (χ3v) is 5.54. The largest absolute Gasteiger partial charge is 0.497 e. The first-order valence-electron chi connectivity index (χ1n) is 7.57. The molecule has 0 atom stereocenters. The Morgan fingerprint density at radius 2 is 2.00 bits per heavy atom. The van der Waals surface area contributed by atoms with Crippen molar-refractivity contribution in [3.63, 3.8) is 0 Å². The molecule has 0 amide bonds. The van der Waals surface area contributed by atoms with E-state index in [0.717, 1.165) is 35.1 Å². The summed E-state index contributed by atoms with van der Waals surface area (Å²) >= 11 is 0. The molecule has 1 aromatic carbocycles. The van der Waals surface area contributed by atoms with Gasteiger partial charge in [0.15, 0.2) is 0 Å². The highest BCUT2D eigenvalue weighted by atomic mass is 28.3. The molecule has 0 fully saturated rings. The minimum Gasteiger partial charge on any atom is -0.497 e. The number of hydrogen-bond donors (Lipinski definition) is 0. The topological polar surface area (TPSA) is 44.8 Å². The summed E-state index contributed by atoms with van der Waals surface area (Å²) in [5, 5.41) is 1.06. The van der Waals surface area contributed by atoms with Crippen molar-refractivity contribution >= 4 is 25.0 Å². The van der Waals surface area contributed by atoms with E-state index < -0.39 is 8.07 Å². The Morgan fingerprint density at radius 1 is 1.27 bits per heavy atom. The zero-order valence-electron chi connectivity index (χ0n) is 14.0. The van der Waals surface area contributed by atoms with Gasteiger partial charge in [-0.15, -0.1) is 0 Å². The first-order valence-corrected chi connectivity index (χ1v) is 11.1. The molecule has 1 aromatic rings. The van der Waals surface area contributed by atoms with Crippen LogP contribution in [0.3, 0.4) is 0 Å². The number of ether oxygens (including phenoxy) is 3. The molecule has 1 aliphatic heterocycles. The van der Waals surface area contributed by atoms with Crippen molar-refractivity contribution < 1.29 is 19.0 Å². The number of carbonyl (C=O) groups is 1. The maximum Gasteiger partial charge on any atom is 0.308 e. The van der Waals surface area contributed by atoms with Gasteiger partial charge in [0.2, 0.25) is 0 Å². The summed E-state index contributed by atoms with van der Waals surface area (Å²) in [5.74, 6) is 1.85. The molecule has 0 N–H and O–H groups in total. The predicted octanol–water partition coefficient (Wildman–Crippen LogP) is 3.32. The van der Waals surface area contributed by atoms with Crippen LogP contribution < -0.4 is 14.7 Å². The van der Waals surface area contributed by atoms with Gasteiger partial charge >= 0.3 is 5.97 Å². The van der Waals surface area contributed by atoms with Crippen molar-refractivity contribution in [1.82, 2.24) is 0 Å². The number of rotatable bonds is 4. The summed E-state index contributed by atoms with van der Waals surface area (Å²) in [7, 11) is -0.0798. The van der Waals surface area contributed by atoms with Crippen molar-refractivity contribution in [3.8, 4) is 11.5 Å². The molecule has 1 heterocycles. The maximum atomic E-state index is 11.6. The summed E-state index contributed by atoms with van der Waals surface area (Å²) < 4.78 is 16.8. The molecular weight excluding hydrogens is 296 g/mol. The van der Waals surface area contributed by atoms with Gasteiger partial charge < -0.3 is 14.2 Å². The van der Waals surface area contributed by atoms with E-state index in [1.165, 1.54) is 6.92 Å². The van der Waals surface area contributed by atoms with Crippen LogP contribution in [0.15, 0.2) is 18.2 Å². The lowest BCUT2D eigenvalue weighted by molar-refractivity contribution is -0.131. The van der Waals surface area contributed by atoms with E-state index in [1.54, 1.807) is 7.11 Å². The molecule has 1 aliphatic rings. The molecule has 0 bridgehead atoms. The first kappa shape index (κ1) is 16.6. The lowest BCUT2D eigenvalue weighted by Gasteiger charge is -2.25. The number of methoxy groups -OCH3 is 1. The van der Waals surface area contributed by atoms with E-state index in [0.29, 0.717) is 12.4 Å². The van der Waals surface area contributed by atoms with Crippen LogP contribution in [-0.4, -0.2) is 27.8 Å². The molecule has 0 radical (unpaired) electrons.